The van der Waals surface area contributed by atoms with E-state index >= 15 is 0 Å². The number of carbonyl (C=O) groups excluding carboxylic acids is 3. The monoisotopic (exact) mass is 445 g/mol. The molecule has 2 rings (SSSR count). The highest BCUT2D eigenvalue weighted by Gasteiger charge is 2.49. The van der Waals surface area contributed by atoms with Crippen molar-refractivity contribution in [2.45, 2.75) is 38.3 Å². The Morgan fingerprint density at radius 2 is 1.59 bits per heavy atom. The summed E-state index contributed by atoms with van der Waals surface area (Å²) in [5.41, 5.74) is 1.29. The first-order valence-corrected chi connectivity index (χ1v) is 10.00. The van der Waals surface area contributed by atoms with E-state index in [-0.39, 0.29) is 24.5 Å². The maximum absolute atomic E-state index is 14.6. The number of carbonyl (C=O) groups is 3. The lowest BCUT2D eigenvalue weighted by molar-refractivity contribution is -0.196. The molecule has 0 bridgehead atoms. The molecule has 0 saturated carbocycles. The highest BCUT2D eigenvalue weighted by atomic mass is 19.3. The zero-order valence-corrected chi connectivity index (χ0v) is 17.6. The van der Waals surface area contributed by atoms with Crippen molar-refractivity contribution in [3.05, 3.63) is 84.4 Å². The van der Waals surface area contributed by atoms with Gasteiger partial charge in [-0.1, -0.05) is 73.7 Å². The molecule has 0 saturated heterocycles. The van der Waals surface area contributed by atoms with E-state index < -0.39 is 35.5 Å². The lowest BCUT2D eigenvalue weighted by Crippen LogP contribution is -2.53. The quantitative estimate of drug-likeness (QED) is 0.197. The molecule has 6 nitrogen and oxygen atoms in total. The van der Waals surface area contributed by atoms with Gasteiger partial charge in [0.05, 0.1) is 0 Å². The second-order valence-electron chi connectivity index (χ2n) is 7.26. The molecule has 1 N–H and O–H groups in total. The molecule has 0 radical (unpaired) electrons. The predicted octanol–water partition coefficient (Wildman–Crippen LogP) is 3.98. The molecule has 2 aromatic carbocycles. The molecule has 0 aliphatic heterocycles. The zero-order valence-electron chi connectivity index (χ0n) is 17.6. The van der Waals surface area contributed by atoms with E-state index in [1.807, 2.05) is 0 Å². The Bertz CT molecular complexity index is 934. The molecule has 0 fully saturated rings. The molecular formula is C24H25F2NO5. The van der Waals surface area contributed by atoms with Crippen LogP contribution in [0.25, 0.3) is 0 Å². The number of amides is 1. The third kappa shape index (κ3) is 6.31. The van der Waals surface area contributed by atoms with Crippen LogP contribution in [0.3, 0.4) is 0 Å². The van der Waals surface area contributed by atoms with E-state index in [1.165, 1.54) is 0 Å². The number of hydroxylamine groups is 2. The van der Waals surface area contributed by atoms with Gasteiger partial charge in [-0.2, -0.15) is 8.78 Å². The number of halogens is 2. The van der Waals surface area contributed by atoms with Crippen molar-refractivity contribution in [3.8, 4) is 0 Å². The van der Waals surface area contributed by atoms with Crippen LogP contribution in [0.1, 0.15) is 24.5 Å². The van der Waals surface area contributed by atoms with Crippen LogP contribution in [-0.4, -0.2) is 39.9 Å². The summed E-state index contributed by atoms with van der Waals surface area (Å²) in [5.74, 6) is -10.2. The number of Topliss-reactive ketones (excluding diaryl/α,β-unsaturated/α-hetero) is 1. The van der Waals surface area contributed by atoms with E-state index in [0.717, 1.165) is 13.0 Å². The molecule has 2 atom stereocenters. The van der Waals surface area contributed by atoms with Gasteiger partial charge in [0.1, 0.15) is 12.6 Å². The van der Waals surface area contributed by atoms with Crippen molar-refractivity contribution in [2.24, 2.45) is 5.92 Å². The number of nitrogens with zero attached hydrogens (tertiary/aromatic N) is 1. The van der Waals surface area contributed by atoms with Crippen molar-refractivity contribution < 1.29 is 33.1 Å². The van der Waals surface area contributed by atoms with Gasteiger partial charge in [0, 0.05) is 5.92 Å². The Morgan fingerprint density at radius 3 is 2.12 bits per heavy atom. The average Bonchev–Trinajstić information content (AvgIpc) is 2.82. The summed E-state index contributed by atoms with van der Waals surface area (Å²) in [5, 5.41) is 10.1. The number of allylic oxidation sites excluding steroid dienone is 1. The van der Waals surface area contributed by atoms with Crippen molar-refractivity contribution in [1.29, 1.82) is 0 Å². The van der Waals surface area contributed by atoms with Gasteiger partial charge in [0.2, 0.25) is 5.78 Å². The SMILES string of the molecule is C=CC(C)C(F)(F)C(=O)C(CCc1ccccc1)N(O)C(=O)C(=O)OCc1ccccc1. The molecule has 0 heterocycles. The smallest absolute Gasteiger partial charge is 0.399 e. The number of benzene rings is 2. The predicted molar refractivity (Wildman–Crippen MR) is 113 cm³/mol. The fourth-order valence-corrected chi connectivity index (χ4v) is 2.93. The number of ketones is 1. The van der Waals surface area contributed by atoms with Crippen molar-refractivity contribution in [3.63, 3.8) is 0 Å². The van der Waals surface area contributed by atoms with Gasteiger partial charge in [0.15, 0.2) is 0 Å². The van der Waals surface area contributed by atoms with Gasteiger partial charge in [-0.3, -0.25) is 14.8 Å². The second-order valence-corrected chi connectivity index (χ2v) is 7.26. The number of ether oxygens (including phenoxy) is 1. The fraction of sp³-hybridized carbons (Fsp3) is 0.292. The summed E-state index contributed by atoms with van der Waals surface area (Å²) in [6, 6.07) is 15.1. The van der Waals surface area contributed by atoms with Gasteiger partial charge in [0.25, 0.3) is 0 Å². The topological polar surface area (TPSA) is 83.9 Å². The summed E-state index contributed by atoms with van der Waals surface area (Å²) in [4.78, 5) is 37.1. The third-order valence-corrected chi connectivity index (χ3v) is 5.00. The van der Waals surface area contributed by atoms with Crippen LogP contribution in [0.5, 0.6) is 0 Å². The van der Waals surface area contributed by atoms with Crippen LogP contribution < -0.4 is 0 Å². The number of esters is 1. The van der Waals surface area contributed by atoms with E-state index in [0.29, 0.717) is 11.1 Å². The van der Waals surface area contributed by atoms with E-state index in [2.05, 4.69) is 6.58 Å². The Balaban J connectivity index is 2.18. The van der Waals surface area contributed by atoms with Crippen LogP contribution >= 0.6 is 0 Å². The van der Waals surface area contributed by atoms with Gasteiger partial charge < -0.3 is 4.74 Å². The highest BCUT2D eigenvalue weighted by molar-refractivity contribution is 6.32. The molecule has 170 valence electrons. The lowest BCUT2D eigenvalue weighted by Gasteiger charge is -2.29. The van der Waals surface area contributed by atoms with E-state index in [4.69, 9.17) is 4.74 Å². The number of aryl methyl sites for hydroxylation is 1. The molecule has 1 amide bonds. The molecular weight excluding hydrogens is 420 g/mol. The van der Waals surface area contributed by atoms with Crippen LogP contribution in [0, 0.1) is 5.92 Å². The van der Waals surface area contributed by atoms with Crippen LogP contribution in [-0.2, 0) is 32.1 Å². The molecule has 0 aromatic heterocycles. The maximum Gasteiger partial charge on any atom is 0.399 e. The molecule has 8 heteroatoms. The van der Waals surface area contributed by atoms with E-state index in [1.54, 1.807) is 60.7 Å². The zero-order chi connectivity index (χ0) is 23.7. The molecule has 32 heavy (non-hydrogen) atoms. The first-order chi connectivity index (χ1) is 15.2. The Labute approximate surface area is 185 Å². The molecule has 2 aromatic rings. The Hall–Kier alpha value is -3.39. The summed E-state index contributed by atoms with van der Waals surface area (Å²) >= 11 is 0. The first kappa shape index (κ1) is 24.9. The minimum Gasteiger partial charge on any atom is -0.454 e. The molecule has 0 aliphatic carbocycles. The van der Waals surface area contributed by atoms with Crippen molar-refractivity contribution in [2.75, 3.05) is 0 Å². The van der Waals surface area contributed by atoms with E-state index in [9.17, 15) is 28.4 Å². The Kier molecular flexibility index (Phi) is 8.78. The maximum atomic E-state index is 14.6. The number of rotatable bonds is 10. The first-order valence-electron chi connectivity index (χ1n) is 10.00. The molecule has 2 unspecified atom stereocenters. The van der Waals surface area contributed by atoms with Crippen molar-refractivity contribution in [1.82, 2.24) is 5.06 Å². The summed E-state index contributed by atoms with van der Waals surface area (Å²) < 4.78 is 34.0. The highest BCUT2D eigenvalue weighted by Crippen LogP contribution is 2.30. The van der Waals surface area contributed by atoms with Gasteiger partial charge in [-0.15, -0.1) is 6.58 Å². The lowest BCUT2D eigenvalue weighted by atomic mass is 9.92. The van der Waals surface area contributed by atoms with Crippen LogP contribution in [0.15, 0.2) is 73.3 Å². The largest absolute Gasteiger partial charge is 0.454 e. The standard InChI is InChI=1S/C24H25F2NO5/c1-3-17(2)24(25,26)21(28)20(15-14-18-10-6-4-7-11-18)27(31)22(29)23(30)32-16-19-12-8-5-9-13-19/h3-13,17,20,31H,1,14-16H2,2H3. The second kappa shape index (κ2) is 11.3. The summed E-state index contributed by atoms with van der Waals surface area (Å²) in [7, 11) is 0. The molecule has 0 spiro atoms. The Morgan fingerprint density at radius 1 is 1.06 bits per heavy atom. The normalized spacial score (nSPS) is 13.0. The third-order valence-electron chi connectivity index (χ3n) is 5.00. The molecule has 0 aliphatic rings. The fourth-order valence-electron chi connectivity index (χ4n) is 2.93. The average molecular weight is 445 g/mol. The summed E-state index contributed by atoms with van der Waals surface area (Å²) in [6.45, 7) is 4.11. The minimum absolute atomic E-state index is 0.110. The van der Waals surface area contributed by atoms with Gasteiger partial charge in [-0.25, -0.2) is 9.86 Å². The van der Waals surface area contributed by atoms with Crippen LogP contribution in [0.4, 0.5) is 8.78 Å². The number of hydrogen-bond donors (Lipinski definition) is 1. The minimum atomic E-state index is -3.90. The number of alkyl halides is 2. The number of hydrogen-bond acceptors (Lipinski definition) is 5. The van der Waals surface area contributed by atoms with Crippen LogP contribution in [0.2, 0.25) is 0 Å². The van der Waals surface area contributed by atoms with Crippen molar-refractivity contribution >= 4 is 17.7 Å². The summed E-state index contributed by atoms with van der Waals surface area (Å²) in [6.07, 6.45) is 0.694. The van der Waals surface area contributed by atoms with Gasteiger partial charge in [-0.05, 0) is 24.0 Å². The van der Waals surface area contributed by atoms with Gasteiger partial charge >= 0.3 is 17.8 Å².